The zero-order chi connectivity index (χ0) is 44.8. The largest absolute Gasteiger partial charge is 0.407 e. The number of pyridine rings is 1. The summed E-state index contributed by atoms with van der Waals surface area (Å²) in [6.45, 7) is 14.8. The monoisotopic (exact) mass is 879 g/mol. The molecule has 0 aliphatic carbocycles. The molecule has 7 heterocycles. The first-order chi connectivity index (χ1) is 30.8. The summed E-state index contributed by atoms with van der Waals surface area (Å²) in [5.41, 5.74) is 1.89. The van der Waals surface area contributed by atoms with Gasteiger partial charge in [0, 0.05) is 69.5 Å². The fourth-order valence-electron chi connectivity index (χ4n) is 10.7. The highest BCUT2D eigenvalue weighted by molar-refractivity contribution is 6.23. The van der Waals surface area contributed by atoms with Crippen molar-refractivity contribution in [1.29, 1.82) is 0 Å². The highest BCUT2D eigenvalue weighted by Crippen LogP contribution is 2.44. The first-order valence-electron chi connectivity index (χ1n) is 22.5. The Kier molecular flexibility index (Phi) is 11.8. The Morgan fingerprint density at radius 3 is 2.03 bits per heavy atom. The summed E-state index contributed by atoms with van der Waals surface area (Å²) in [6.07, 6.45) is 5.05. The van der Waals surface area contributed by atoms with Crippen molar-refractivity contribution in [3.05, 3.63) is 82.8 Å². The van der Waals surface area contributed by atoms with Gasteiger partial charge in [-0.3, -0.25) is 34.2 Å². The number of likely N-dealkylation sites (tertiary alicyclic amines) is 1. The van der Waals surface area contributed by atoms with Crippen LogP contribution in [0.5, 0.6) is 0 Å². The Morgan fingerprint density at radius 1 is 0.766 bits per heavy atom. The van der Waals surface area contributed by atoms with Crippen LogP contribution in [0, 0.1) is 23.8 Å². The fourth-order valence-corrected chi connectivity index (χ4v) is 10.7. The number of anilines is 4. The van der Waals surface area contributed by atoms with Crippen molar-refractivity contribution in [3.63, 3.8) is 0 Å². The van der Waals surface area contributed by atoms with E-state index in [9.17, 15) is 37.1 Å². The number of amides is 5. The number of aromatic nitrogens is 1. The maximum absolute atomic E-state index is 13.5. The predicted octanol–water partition coefficient (Wildman–Crippen LogP) is 6.51. The molecule has 1 aromatic heterocycles. The number of halogens is 3. The Labute approximate surface area is 369 Å². The van der Waals surface area contributed by atoms with Crippen LogP contribution < -0.4 is 25.3 Å². The summed E-state index contributed by atoms with van der Waals surface area (Å²) in [4.78, 5) is 81.5. The molecule has 2 aromatic carbocycles. The third-order valence-electron chi connectivity index (χ3n) is 14.7. The number of rotatable bonds is 8. The molecule has 9 rings (SSSR count). The third-order valence-corrected chi connectivity index (χ3v) is 14.7. The Morgan fingerprint density at radius 2 is 1.38 bits per heavy atom. The summed E-state index contributed by atoms with van der Waals surface area (Å²) in [5.74, 6) is -1.31. The Hall–Kier alpha value is -6.02. The summed E-state index contributed by atoms with van der Waals surface area (Å²) in [6, 6.07) is 12.0. The third kappa shape index (κ3) is 8.76. The van der Waals surface area contributed by atoms with E-state index in [4.69, 9.17) is 6.57 Å². The smallest absolute Gasteiger partial charge is 0.372 e. The van der Waals surface area contributed by atoms with Crippen LogP contribution in [0.1, 0.15) is 90.5 Å². The Bertz CT molecular complexity index is 2350. The number of imide groups is 2. The quantitative estimate of drug-likeness (QED) is 0.190. The molecule has 64 heavy (non-hydrogen) atoms. The maximum atomic E-state index is 13.5. The molecule has 6 aliphatic rings. The van der Waals surface area contributed by atoms with Crippen molar-refractivity contribution in [2.45, 2.75) is 76.4 Å². The van der Waals surface area contributed by atoms with Gasteiger partial charge in [0.05, 0.1) is 35.1 Å². The second-order valence-electron chi connectivity index (χ2n) is 18.4. The van der Waals surface area contributed by atoms with Crippen LogP contribution in [-0.2, 0) is 20.6 Å². The van der Waals surface area contributed by atoms with Crippen molar-refractivity contribution >= 4 is 58.1 Å². The number of fused-ring (bicyclic) bond motifs is 1. The van der Waals surface area contributed by atoms with Gasteiger partial charge in [0.1, 0.15) is 11.9 Å². The molecule has 1 spiro atoms. The molecule has 3 aromatic rings. The molecule has 0 radical (unpaired) electrons. The summed E-state index contributed by atoms with van der Waals surface area (Å²) in [7, 11) is 0. The molecule has 0 bridgehead atoms. The lowest BCUT2D eigenvalue weighted by Crippen LogP contribution is -2.54. The first-order valence-corrected chi connectivity index (χ1v) is 22.5. The van der Waals surface area contributed by atoms with Crippen LogP contribution in [0.25, 0.3) is 4.85 Å². The zero-order valence-electron chi connectivity index (χ0n) is 35.7. The normalized spacial score (nSPS) is 22.4. The van der Waals surface area contributed by atoms with E-state index in [1.54, 1.807) is 18.3 Å². The zero-order valence-corrected chi connectivity index (χ0v) is 35.7. The van der Waals surface area contributed by atoms with Gasteiger partial charge in [-0.1, -0.05) is 6.07 Å². The molecule has 0 saturated carbocycles. The van der Waals surface area contributed by atoms with Gasteiger partial charge in [-0.15, -0.1) is 0 Å². The van der Waals surface area contributed by atoms with E-state index in [2.05, 4.69) is 35.2 Å². The molecule has 6 aliphatic heterocycles. The fraction of sp³-hybridized carbons (Fsp3) is 0.511. The first kappa shape index (κ1) is 43.2. The van der Waals surface area contributed by atoms with E-state index < -0.39 is 47.1 Å². The van der Waals surface area contributed by atoms with Gasteiger partial charge in [0.15, 0.2) is 5.69 Å². The molecule has 5 amide bonds. The molecule has 2 N–H and O–H groups in total. The lowest BCUT2D eigenvalue weighted by Gasteiger charge is -2.48. The molecule has 17 heteroatoms. The van der Waals surface area contributed by atoms with Crippen LogP contribution in [0.2, 0.25) is 0 Å². The van der Waals surface area contributed by atoms with Crippen LogP contribution in [0.3, 0.4) is 0 Å². The van der Waals surface area contributed by atoms with Crippen molar-refractivity contribution < 1.29 is 37.1 Å². The van der Waals surface area contributed by atoms with E-state index >= 15 is 0 Å². The molecule has 5 fully saturated rings. The molecule has 5 saturated heterocycles. The minimum absolute atomic E-state index is 0.0889. The van der Waals surface area contributed by atoms with E-state index in [0.717, 1.165) is 107 Å². The van der Waals surface area contributed by atoms with Crippen LogP contribution in [-0.4, -0.2) is 109 Å². The summed E-state index contributed by atoms with van der Waals surface area (Å²) < 4.78 is 40.5. The van der Waals surface area contributed by atoms with E-state index in [-0.39, 0.29) is 24.7 Å². The van der Waals surface area contributed by atoms with Gasteiger partial charge in [-0.25, -0.2) is 9.83 Å². The van der Waals surface area contributed by atoms with Crippen molar-refractivity contribution in [1.82, 2.24) is 20.1 Å². The molecule has 14 nitrogen and oxygen atoms in total. The highest BCUT2D eigenvalue weighted by Gasteiger charge is 2.45. The number of nitrogens with zero attached hydrogens (tertiary/aromatic N) is 7. The average Bonchev–Trinajstić information content (AvgIpc) is 3.55. The van der Waals surface area contributed by atoms with Gasteiger partial charge in [0.2, 0.25) is 17.7 Å². The Balaban J connectivity index is 0.688. The number of nitrogens with one attached hydrogen (secondary N) is 2. The predicted molar refractivity (Wildman–Crippen MR) is 233 cm³/mol. The van der Waals surface area contributed by atoms with Crippen molar-refractivity contribution in [2.24, 2.45) is 17.3 Å². The lowest BCUT2D eigenvalue weighted by molar-refractivity contribution is -0.137. The topological polar surface area (TPSA) is 143 Å². The molecular formula is C47H52F3N9O5. The molecule has 1 atom stereocenters. The van der Waals surface area contributed by atoms with Gasteiger partial charge in [-0.2, -0.15) is 13.2 Å². The number of hydrogen-bond donors (Lipinski definition) is 2. The molecule has 1 unspecified atom stereocenters. The standard InChI is InChI=1S/C47H52F3N9O5/c1-51-38-6-3-33(27-37(38)47(48,49)50)56-20-12-31(13-21-56)42(61)53-40-8-4-34(28-52-40)57-18-10-30(11-19-57)29-55-22-14-46(15-23-55)16-24-58(25-17-46)32-2-5-35-36(26-32)45(64)59(44(35)63)39-7-9-41(60)54-43(39)62/h2-6,8,26-28,30-31,39H,7,9-25,29H2,(H,52,53,61)(H,54,60,62). The van der Waals surface area contributed by atoms with Gasteiger partial charge < -0.3 is 24.9 Å². The van der Waals surface area contributed by atoms with Crippen molar-refractivity contribution in [3.8, 4) is 0 Å². The van der Waals surface area contributed by atoms with E-state index in [1.165, 1.54) is 12.1 Å². The minimum Gasteiger partial charge on any atom is -0.372 e. The van der Waals surface area contributed by atoms with Gasteiger partial charge in [0.25, 0.3) is 11.8 Å². The maximum Gasteiger partial charge on any atom is 0.407 e. The minimum atomic E-state index is -4.62. The number of carbonyl (C=O) groups excluding carboxylic acids is 5. The summed E-state index contributed by atoms with van der Waals surface area (Å²) >= 11 is 0. The van der Waals surface area contributed by atoms with E-state index in [0.29, 0.717) is 59.9 Å². The number of hydrogen-bond acceptors (Lipinski definition) is 10. The number of piperidine rings is 5. The van der Waals surface area contributed by atoms with Crippen LogP contribution in [0.4, 0.5) is 41.7 Å². The van der Waals surface area contributed by atoms with Crippen molar-refractivity contribution in [2.75, 3.05) is 78.9 Å². The van der Waals surface area contributed by atoms with Gasteiger partial charge >= 0.3 is 6.18 Å². The number of benzene rings is 2. The molecular weight excluding hydrogens is 828 g/mol. The molecule has 336 valence electrons. The van der Waals surface area contributed by atoms with Gasteiger partial charge in [-0.05, 0) is 125 Å². The number of alkyl halides is 3. The highest BCUT2D eigenvalue weighted by atomic mass is 19.4. The summed E-state index contributed by atoms with van der Waals surface area (Å²) in [5, 5.41) is 5.18. The van der Waals surface area contributed by atoms with Crippen LogP contribution in [0.15, 0.2) is 54.7 Å². The second-order valence-corrected chi connectivity index (χ2v) is 18.4. The second kappa shape index (κ2) is 17.5. The SMILES string of the molecule is [C-]#[N+]c1ccc(N2CCC(C(=O)Nc3ccc(N4CCC(CN5CCC6(CC5)CCN(c5ccc7c(c5)C(=O)N(C5CCC(=O)NC5=O)C7=O)CC6)CC4)cn3)CC2)cc1C(F)(F)F. The van der Waals surface area contributed by atoms with Crippen LogP contribution >= 0.6 is 0 Å². The van der Waals surface area contributed by atoms with E-state index in [1.807, 2.05) is 23.1 Å². The average molecular weight is 880 g/mol. The lowest BCUT2D eigenvalue weighted by atomic mass is 9.71. The number of carbonyl (C=O) groups is 5.